The molecular formula is C22H30N4O. The molecule has 1 aromatic heterocycles. The van der Waals surface area contributed by atoms with Crippen LogP contribution in [-0.2, 0) is 24.7 Å². The van der Waals surface area contributed by atoms with E-state index in [-0.39, 0.29) is 6.04 Å². The first-order chi connectivity index (χ1) is 13.2. The standard InChI is InChI=1S/C22H30N4O/c1-3-19(25-13-7-8-14-25)22(27)26-15-11-18-20(12-16-26)24(2)23-21(18)17-9-5-4-6-10-17/h4-6,9-10,19H,3,7-8,11-16H2,1-2H3. The molecule has 0 radical (unpaired) electrons. The van der Waals surface area contributed by atoms with Gasteiger partial charge in [-0.1, -0.05) is 37.3 Å². The van der Waals surface area contributed by atoms with E-state index in [1.54, 1.807) is 0 Å². The smallest absolute Gasteiger partial charge is 0.239 e. The summed E-state index contributed by atoms with van der Waals surface area (Å²) in [5.41, 5.74) is 4.83. The number of nitrogens with zero attached hydrogens (tertiary/aromatic N) is 4. The van der Waals surface area contributed by atoms with E-state index in [9.17, 15) is 4.79 Å². The summed E-state index contributed by atoms with van der Waals surface area (Å²) >= 11 is 0. The number of carbonyl (C=O) groups excluding carboxylic acids is 1. The first-order valence-corrected chi connectivity index (χ1v) is 10.3. The summed E-state index contributed by atoms with van der Waals surface area (Å²) in [4.78, 5) is 17.7. The number of hydrogen-bond donors (Lipinski definition) is 0. The first-order valence-electron chi connectivity index (χ1n) is 10.3. The number of rotatable bonds is 4. The zero-order chi connectivity index (χ0) is 18.8. The monoisotopic (exact) mass is 366 g/mol. The highest BCUT2D eigenvalue weighted by molar-refractivity contribution is 5.82. The van der Waals surface area contributed by atoms with Gasteiger partial charge in [-0.3, -0.25) is 14.4 Å². The maximum absolute atomic E-state index is 13.2. The highest BCUT2D eigenvalue weighted by Crippen LogP contribution is 2.28. The van der Waals surface area contributed by atoms with E-state index in [1.807, 2.05) is 17.8 Å². The summed E-state index contributed by atoms with van der Waals surface area (Å²) in [6.45, 7) is 5.87. The zero-order valence-electron chi connectivity index (χ0n) is 16.5. The minimum Gasteiger partial charge on any atom is -0.341 e. The summed E-state index contributed by atoms with van der Waals surface area (Å²) in [6, 6.07) is 10.5. The summed E-state index contributed by atoms with van der Waals surface area (Å²) in [5, 5.41) is 4.79. The molecule has 5 nitrogen and oxygen atoms in total. The molecular weight excluding hydrogens is 336 g/mol. The van der Waals surface area contributed by atoms with Crippen molar-refractivity contribution in [2.24, 2.45) is 7.05 Å². The maximum atomic E-state index is 13.2. The van der Waals surface area contributed by atoms with Crippen molar-refractivity contribution in [1.82, 2.24) is 19.6 Å². The van der Waals surface area contributed by atoms with Gasteiger partial charge in [0.1, 0.15) is 0 Å². The fourth-order valence-corrected chi connectivity index (χ4v) is 4.68. The third-order valence-electron chi connectivity index (χ3n) is 6.14. The van der Waals surface area contributed by atoms with Crippen molar-refractivity contribution in [3.8, 4) is 11.3 Å². The Bertz CT molecular complexity index is 792. The molecule has 27 heavy (non-hydrogen) atoms. The van der Waals surface area contributed by atoms with E-state index in [4.69, 9.17) is 5.10 Å². The van der Waals surface area contributed by atoms with Crippen LogP contribution in [0.15, 0.2) is 30.3 Å². The average Bonchev–Trinajstić information content (AvgIpc) is 3.26. The van der Waals surface area contributed by atoms with Gasteiger partial charge >= 0.3 is 0 Å². The Hall–Kier alpha value is -2.14. The number of fused-ring (bicyclic) bond motifs is 1. The van der Waals surface area contributed by atoms with E-state index < -0.39 is 0 Å². The van der Waals surface area contributed by atoms with E-state index in [2.05, 4.69) is 41.0 Å². The van der Waals surface area contributed by atoms with Crippen molar-refractivity contribution in [1.29, 1.82) is 0 Å². The van der Waals surface area contributed by atoms with Crippen LogP contribution in [0, 0.1) is 0 Å². The number of carbonyl (C=O) groups is 1. The number of amides is 1. The van der Waals surface area contributed by atoms with E-state index in [1.165, 1.54) is 24.1 Å². The second kappa shape index (κ2) is 7.85. The summed E-state index contributed by atoms with van der Waals surface area (Å²) in [6.07, 6.45) is 5.12. The largest absolute Gasteiger partial charge is 0.341 e. The molecule has 1 unspecified atom stereocenters. The zero-order valence-corrected chi connectivity index (χ0v) is 16.5. The molecule has 2 aliphatic heterocycles. The molecule has 0 N–H and O–H groups in total. The average molecular weight is 367 g/mol. The van der Waals surface area contributed by atoms with Crippen molar-refractivity contribution >= 4 is 5.91 Å². The van der Waals surface area contributed by atoms with E-state index in [0.29, 0.717) is 5.91 Å². The Balaban J connectivity index is 1.54. The molecule has 0 bridgehead atoms. The van der Waals surface area contributed by atoms with Gasteiger partial charge in [0.2, 0.25) is 5.91 Å². The Morgan fingerprint density at radius 1 is 1.07 bits per heavy atom. The first kappa shape index (κ1) is 18.2. The van der Waals surface area contributed by atoms with Crippen LogP contribution in [0.3, 0.4) is 0 Å². The van der Waals surface area contributed by atoms with Gasteiger partial charge in [0.25, 0.3) is 0 Å². The predicted octanol–water partition coefficient (Wildman–Crippen LogP) is 2.89. The lowest BCUT2D eigenvalue weighted by molar-refractivity contribution is -0.136. The molecule has 1 atom stereocenters. The number of hydrogen-bond acceptors (Lipinski definition) is 3. The molecule has 144 valence electrons. The van der Waals surface area contributed by atoms with Crippen LogP contribution in [0.25, 0.3) is 11.3 Å². The van der Waals surface area contributed by atoms with Crippen LogP contribution in [0.4, 0.5) is 0 Å². The molecule has 0 saturated carbocycles. The Kier molecular flexibility index (Phi) is 5.30. The van der Waals surface area contributed by atoms with Crippen molar-refractivity contribution in [2.75, 3.05) is 26.2 Å². The van der Waals surface area contributed by atoms with Gasteiger partial charge in [0.15, 0.2) is 0 Å². The molecule has 1 fully saturated rings. The summed E-state index contributed by atoms with van der Waals surface area (Å²) in [5.74, 6) is 0.321. The highest BCUT2D eigenvalue weighted by Gasteiger charge is 2.32. The number of aromatic nitrogens is 2. The fraction of sp³-hybridized carbons (Fsp3) is 0.545. The summed E-state index contributed by atoms with van der Waals surface area (Å²) < 4.78 is 2.02. The lowest BCUT2D eigenvalue weighted by atomic mass is 10.0. The molecule has 5 heteroatoms. The molecule has 0 spiro atoms. The quantitative estimate of drug-likeness (QED) is 0.835. The van der Waals surface area contributed by atoms with Gasteiger partial charge in [-0.2, -0.15) is 5.10 Å². The topological polar surface area (TPSA) is 41.4 Å². The third kappa shape index (κ3) is 3.53. The second-order valence-electron chi connectivity index (χ2n) is 7.76. The van der Waals surface area contributed by atoms with Gasteiger partial charge in [0.05, 0.1) is 11.7 Å². The van der Waals surface area contributed by atoms with Crippen LogP contribution in [-0.4, -0.2) is 57.7 Å². The number of likely N-dealkylation sites (tertiary alicyclic amines) is 1. The van der Waals surface area contributed by atoms with Gasteiger partial charge < -0.3 is 4.90 Å². The maximum Gasteiger partial charge on any atom is 0.239 e. The van der Waals surface area contributed by atoms with E-state index in [0.717, 1.165) is 56.7 Å². The molecule has 1 saturated heterocycles. The number of benzene rings is 1. The van der Waals surface area contributed by atoms with Crippen LogP contribution < -0.4 is 0 Å². The minimum absolute atomic E-state index is 0.0560. The van der Waals surface area contributed by atoms with Crippen molar-refractivity contribution in [3.05, 3.63) is 41.6 Å². The molecule has 2 aliphatic rings. The van der Waals surface area contributed by atoms with Gasteiger partial charge in [-0.25, -0.2) is 0 Å². The Labute approximate surface area is 162 Å². The van der Waals surface area contributed by atoms with Gasteiger partial charge in [-0.05, 0) is 38.8 Å². The second-order valence-corrected chi connectivity index (χ2v) is 7.76. The van der Waals surface area contributed by atoms with Gasteiger partial charge in [-0.15, -0.1) is 0 Å². The van der Waals surface area contributed by atoms with Crippen LogP contribution >= 0.6 is 0 Å². The lowest BCUT2D eigenvalue weighted by Crippen LogP contribution is -2.48. The highest BCUT2D eigenvalue weighted by atomic mass is 16.2. The SMILES string of the molecule is CCC(C(=O)N1CCc2c(-c3ccccc3)nn(C)c2CC1)N1CCCC1. The molecule has 1 amide bonds. The number of aryl methyl sites for hydroxylation is 1. The van der Waals surface area contributed by atoms with Crippen molar-refractivity contribution in [3.63, 3.8) is 0 Å². The Morgan fingerprint density at radius 3 is 2.48 bits per heavy atom. The molecule has 3 heterocycles. The molecule has 4 rings (SSSR count). The van der Waals surface area contributed by atoms with Crippen LogP contribution in [0.1, 0.15) is 37.4 Å². The van der Waals surface area contributed by atoms with Crippen LogP contribution in [0.5, 0.6) is 0 Å². The summed E-state index contributed by atoms with van der Waals surface area (Å²) in [7, 11) is 2.03. The lowest BCUT2D eigenvalue weighted by Gasteiger charge is -2.31. The molecule has 0 aliphatic carbocycles. The third-order valence-corrected chi connectivity index (χ3v) is 6.14. The fourth-order valence-electron chi connectivity index (χ4n) is 4.68. The molecule has 1 aromatic carbocycles. The van der Waals surface area contributed by atoms with Crippen LogP contribution in [0.2, 0.25) is 0 Å². The minimum atomic E-state index is 0.0560. The van der Waals surface area contributed by atoms with Crippen molar-refractivity contribution in [2.45, 2.75) is 45.1 Å². The van der Waals surface area contributed by atoms with Gasteiger partial charge in [0, 0.05) is 43.4 Å². The molecule has 2 aromatic rings. The predicted molar refractivity (Wildman–Crippen MR) is 108 cm³/mol. The van der Waals surface area contributed by atoms with Crippen molar-refractivity contribution < 1.29 is 4.79 Å². The van der Waals surface area contributed by atoms with E-state index >= 15 is 0 Å². The Morgan fingerprint density at radius 2 is 1.78 bits per heavy atom. The normalized spacial score (nSPS) is 19.0.